The summed E-state index contributed by atoms with van der Waals surface area (Å²) in [6.45, 7) is 11.4. The van der Waals surface area contributed by atoms with Crippen LogP contribution in [-0.2, 0) is 22.6 Å². The molecule has 1 unspecified atom stereocenters. The van der Waals surface area contributed by atoms with Crippen LogP contribution in [-0.4, -0.2) is 77.5 Å². The summed E-state index contributed by atoms with van der Waals surface area (Å²) < 4.78 is 5.52. The van der Waals surface area contributed by atoms with E-state index in [1.54, 1.807) is 4.90 Å². The summed E-state index contributed by atoms with van der Waals surface area (Å²) >= 11 is 0. The van der Waals surface area contributed by atoms with Gasteiger partial charge in [0.15, 0.2) is 0 Å². The van der Waals surface area contributed by atoms with E-state index in [1.165, 1.54) is 16.8 Å². The van der Waals surface area contributed by atoms with Crippen LogP contribution in [0.5, 0.6) is 0 Å². The molecular weight excluding hydrogens is 679 g/mol. The third-order valence-corrected chi connectivity index (χ3v) is 11.9. The first-order chi connectivity index (χ1) is 26.2. The van der Waals surface area contributed by atoms with Crippen molar-refractivity contribution in [1.29, 1.82) is 5.26 Å². The van der Waals surface area contributed by atoms with E-state index < -0.39 is 6.04 Å². The second kappa shape index (κ2) is 14.7. The Morgan fingerprint density at radius 3 is 2.44 bits per heavy atom. The molecule has 54 heavy (non-hydrogen) atoms. The number of imide groups is 1. The molecule has 3 amide bonds. The molecule has 3 aromatic carbocycles. The Kier molecular flexibility index (Phi) is 9.71. The lowest BCUT2D eigenvalue weighted by Gasteiger charge is -2.49. The number of piperidine rings is 2. The zero-order chi connectivity index (χ0) is 37.5. The number of hydrogen-bond donors (Lipinski definition) is 1. The molecule has 278 valence electrons. The Morgan fingerprint density at radius 2 is 1.74 bits per heavy atom. The zero-order valence-electron chi connectivity index (χ0n) is 31.3. The smallest absolute Gasteiger partial charge is 0.255 e. The first-order valence-electron chi connectivity index (χ1n) is 19.2. The van der Waals surface area contributed by atoms with E-state index in [-0.39, 0.29) is 24.1 Å². The predicted octanol–water partition coefficient (Wildman–Crippen LogP) is 6.22. The van der Waals surface area contributed by atoms with Gasteiger partial charge in [-0.1, -0.05) is 35.5 Å². The van der Waals surface area contributed by atoms with Crippen LogP contribution in [0.1, 0.15) is 70.6 Å². The summed E-state index contributed by atoms with van der Waals surface area (Å²) in [4.78, 5) is 46.7. The second-order valence-corrected chi connectivity index (χ2v) is 15.4. The number of nitrogens with one attached hydrogen (secondary N) is 1. The van der Waals surface area contributed by atoms with E-state index in [1.807, 2.05) is 26.0 Å². The highest BCUT2D eigenvalue weighted by atomic mass is 16.5. The quantitative estimate of drug-likeness (QED) is 0.190. The van der Waals surface area contributed by atoms with Gasteiger partial charge in [-0.05, 0) is 99.0 Å². The van der Waals surface area contributed by atoms with Crippen molar-refractivity contribution in [3.63, 3.8) is 0 Å². The van der Waals surface area contributed by atoms with Gasteiger partial charge in [-0.15, -0.1) is 0 Å². The van der Waals surface area contributed by atoms with Crippen molar-refractivity contribution >= 4 is 34.8 Å². The molecule has 0 spiro atoms. The monoisotopic (exact) mass is 725 g/mol. The van der Waals surface area contributed by atoms with Crippen LogP contribution in [0.4, 0.5) is 17.1 Å². The van der Waals surface area contributed by atoms with Crippen molar-refractivity contribution < 1.29 is 18.9 Å². The fourth-order valence-electron chi connectivity index (χ4n) is 8.85. The van der Waals surface area contributed by atoms with Crippen molar-refractivity contribution in [2.24, 2.45) is 5.92 Å². The van der Waals surface area contributed by atoms with E-state index in [0.717, 1.165) is 91.5 Å². The molecule has 8 rings (SSSR count). The summed E-state index contributed by atoms with van der Waals surface area (Å²) in [7, 11) is 0. The molecule has 11 nitrogen and oxygen atoms in total. The fourth-order valence-corrected chi connectivity index (χ4v) is 8.85. The Hall–Kier alpha value is -5.47. The standard InChI is InChI=1S/C43H47N7O4/c1-27-6-9-32(41-28(2)46-54-29(41)3)21-39(27)49(35-11-7-30(8-12-35)5-4-18-44)25-31-23-48(24-31)34-16-19-47(20-17-34)36-13-10-33-26-50(43(53)37(33)22-36)38-14-15-40(51)45-42(38)52/h6-13,21-22,31,34,38H,4-5,14-17,19-20,23-26H2,1-3H3,(H,45,51,52). The molecular formula is C43H47N7O4. The second-order valence-electron chi connectivity index (χ2n) is 15.4. The van der Waals surface area contributed by atoms with E-state index in [0.29, 0.717) is 36.9 Å². The summed E-state index contributed by atoms with van der Waals surface area (Å²) in [6, 6.07) is 23.6. The van der Waals surface area contributed by atoms with Crippen molar-refractivity contribution in [2.75, 3.05) is 42.5 Å². The zero-order valence-corrected chi connectivity index (χ0v) is 31.3. The molecule has 3 saturated heterocycles. The van der Waals surface area contributed by atoms with Crippen molar-refractivity contribution in [3.05, 3.63) is 94.4 Å². The van der Waals surface area contributed by atoms with Gasteiger partial charge in [0.25, 0.3) is 5.91 Å². The van der Waals surface area contributed by atoms with Gasteiger partial charge in [0.1, 0.15) is 11.8 Å². The number of anilines is 3. The van der Waals surface area contributed by atoms with Crippen LogP contribution < -0.4 is 15.1 Å². The number of hydrogen-bond acceptors (Lipinski definition) is 9. The van der Waals surface area contributed by atoms with E-state index in [9.17, 15) is 14.4 Å². The summed E-state index contributed by atoms with van der Waals surface area (Å²) in [6.07, 6.45) is 4.01. The van der Waals surface area contributed by atoms with Crippen LogP contribution in [0.15, 0.2) is 65.2 Å². The highest BCUT2D eigenvalue weighted by Gasteiger charge is 2.40. The van der Waals surface area contributed by atoms with E-state index in [4.69, 9.17) is 9.78 Å². The number of fused-ring (bicyclic) bond motifs is 1. The van der Waals surface area contributed by atoms with Gasteiger partial charge in [-0.3, -0.25) is 24.6 Å². The van der Waals surface area contributed by atoms with E-state index >= 15 is 0 Å². The number of nitriles is 1. The molecule has 4 aliphatic rings. The number of rotatable bonds is 10. The maximum absolute atomic E-state index is 13.4. The third kappa shape index (κ3) is 6.87. The third-order valence-electron chi connectivity index (χ3n) is 11.9. The number of aromatic nitrogens is 1. The number of aryl methyl sites for hydroxylation is 4. The minimum Gasteiger partial charge on any atom is -0.371 e. The fraction of sp³-hybridized carbons (Fsp3) is 0.419. The van der Waals surface area contributed by atoms with Gasteiger partial charge in [-0.25, -0.2) is 0 Å². The summed E-state index contributed by atoms with van der Waals surface area (Å²) in [5, 5.41) is 15.7. The highest BCUT2D eigenvalue weighted by Crippen LogP contribution is 2.38. The molecule has 1 N–H and O–H groups in total. The van der Waals surface area contributed by atoms with Gasteiger partial charge < -0.3 is 19.2 Å². The predicted molar refractivity (Wildman–Crippen MR) is 206 cm³/mol. The number of amides is 3. The molecule has 1 aromatic heterocycles. The largest absolute Gasteiger partial charge is 0.371 e. The van der Waals surface area contributed by atoms with Gasteiger partial charge in [-0.2, -0.15) is 5.26 Å². The number of benzene rings is 3. The molecule has 4 aliphatic heterocycles. The number of carbonyl (C=O) groups excluding carboxylic acids is 3. The van der Waals surface area contributed by atoms with Crippen molar-refractivity contribution in [1.82, 2.24) is 20.3 Å². The van der Waals surface area contributed by atoms with Crippen LogP contribution in [0.25, 0.3) is 11.1 Å². The Bertz CT molecular complexity index is 2100. The molecule has 3 fully saturated rings. The van der Waals surface area contributed by atoms with Gasteiger partial charge in [0.05, 0.1) is 11.8 Å². The topological polar surface area (TPSA) is 126 Å². The summed E-state index contributed by atoms with van der Waals surface area (Å²) in [5.41, 5.74) is 10.4. The summed E-state index contributed by atoms with van der Waals surface area (Å²) in [5.74, 6) is 0.548. The number of likely N-dealkylation sites (tertiary alicyclic amines) is 1. The average Bonchev–Trinajstić information content (AvgIpc) is 3.67. The lowest BCUT2D eigenvalue weighted by Crippen LogP contribution is -2.57. The van der Waals surface area contributed by atoms with Crippen LogP contribution in [0, 0.1) is 38.0 Å². The Morgan fingerprint density at radius 1 is 0.963 bits per heavy atom. The maximum Gasteiger partial charge on any atom is 0.255 e. The Labute approximate surface area is 316 Å². The lowest BCUT2D eigenvalue weighted by atomic mass is 9.91. The first-order valence-corrected chi connectivity index (χ1v) is 19.2. The number of carbonyl (C=O) groups is 3. The molecule has 0 aliphatic carbocycles. The molecule has 0 radical (unpaired) electrons. The van der Waals surface area contributed by atoms with Crippen molar-refractivity contribution in [2.45, 2.75) is 77.9 Å². The van der Waals surface area contributed by atoms with Gasteiger partial charge in [0, 0.05) is 92.3 Å². The maximum atomic E-state index is 13.4. The molecule has 1 atom stereocenters. The SMILES string of the molecule is Cc1ccc(-c2c(C)noc2C)cc1N(CC1CN(C2CCN(c3ccc4c(c3)C(=O)N(C3CCC(=O)NC3=O)C4)CC2)C1)c1ccc(CCC#N)cc1. The highest BCUT2D eigenvalue weighted by molar-refractivity contribution is 6.05. The van der Waals surface area contributed by atoms with E-state index in [2.05, 4.69) is 86.7 Å². The first kappa shape index (κ1) is 35.6. The van der Waals surface area contributed by atoms with Crippen LogP contribution in [0.2, 0.25) is 0 Å². The minimum absolute atomic E-state index is 0.127. The lowest BCUT2D eigenvalue weighted by molar-refractivity contribution is -0.136. The normalized spacial score (nSPS) is 19.4. The molecule has 0 bridgehead atoms. The van der Waals surface area contributed by atoms with Crippen molar-refractivity contribution in [3.8, 4) is 17.2 Å². The van der Waals surface area contributed by atoms with Crippen LogP contribution >= 0.6 is 0 Å². The molecule has 11 heteroatoms. The minimum atomic E-state index is -0.600. The van der Waals surface area contributed by atoms with Gasteiger partial charge >= 0.3 is 0 Å². The Balaban J connectivity index is 0.916. The molecule has 5 heterocycles. The molecule has 4 aromatic rings. The molecule has 0 saturated carbocycles. The van der Waals surface area contributed by atoms with Gasteiger partial charge in [0.2, 0.25) is 11.8 Å². The van der Waals surface area contributed by atoms with Crippen LogP contribution in [0.3, 0.4) is 0 Å². The number of nitrogens with zero attached hydrogens (tertiary/aromatic N) is 6. The average molecular weight is 726 g/mol.